The number of nitrogens with zero attached hydrogens (tertiary/aromatic N) is 2. The highest BCUT2D eigenvalue weighted by atomic mass is 16.3. The van der Waals surface area contributed by atoms with Gasteiger partial charge in [0, 0.05) is 38.3 Å². The van der Waals surface area contributed by atoms with Crippen LogP contribution in [0.25, 0.3) is 131 Å². The third kappa shape index (κ3) is 4.90. The largest absolute Gasteiger partial charge is 0.455 e. The lowest BCUT2D eigenvalue weighted by molar-refractivity contribution is 0.673. The molecule has 14 aromatic rings. The van der Waals surface area contributed by atoms with Crippen molar-refractivity contribution in [2.75, 3.05) is 0 Å². The van der Waals surface area contributed by atoms with Crippen LogP contribution in [0.2, 0.25) is 0 Å². The van der Waals surface area contributed by atoms with Crippen LogP contribution >= 0.6 is 0 Å². The van der Waals surface area contributed by atoms with E-state index in [-0.39, 0.29) is 0 Å². The first-order valence-electron chi connectivity index (χ1n) is 21.7. The summed E-state index contributed by atoms with van der Waals surface area (Å²) >= 11 is 0. The Bertz CT molecular complexity index is 4150. The first-order valence-corrected chi connectivity index (χ1v) is 21.7. The van der Waals surface area contributed by atoms with E-state index >= 15 is 0 Å². The van der Waals surface area contributed by atoms with Gasteiger partial charge in [-0.1, -0.05) is 152 Å². The second-order valence-corrected chi connectivity index (χ2v) is 16.8. The monoisotopic (exact) mass is 800 g/mol. The van der Waals surface area contributed by atoms with Crippen LogP contribution in [-0.2, 0) is 0 Å². The summed E-state index contributed by atoms with van der Waals surface area (Å²) in [5.41, 5.74) is 13.4. The molecule has 0 N–H and O–H groups in total. The van der Waals surface area contributed by atoms with Gasteiger partial charge >= 0.3 is 0 Å². The van der Waals surface area contributed by atoms with E-state index < -0.39 is 0 Å². The Hall–Kier alpha value is -8.40. The van der Waals surface area contributed by atoms with Crippen LogP contribution in [0.5, 0.6) is 0 Å². The normalized spacial score (nSPS) is 12.1. The molecule has 3 aromatic heterocycles. The third-order valence-electron chi connectivity index (χ3n) is 13.5. The summed E-state index contributed by atoms with van der Waals surface area (Å²) in [7, 11) is 0. The van der Waals surface area contributed by atoms with Gasteiger partial charge in [0.15, 0.2) is 0 Å². The van der Waals surface area contributed by atoms with Crippen LogP contribution in [0.1, 0.15) is 0 Å². The van der Waals surface area contributed by atoms with Crippen LogP contribution in [0.15, 0.2) is 223 Å². The van der Waals surface area contributed by atoms with Gasteiger partial charge in [0.25, 0.3) is 0 Å². The first kappa shape index (κ1) is 34.3. The Morgan fingerprint density at radius 1 is 0.270 bits per heavy atom. The second-order valence-electron chi connectivity index (χ2n) is 16.8. The summed E-state index contributed by atoms with van der Waals surface area (Å²) in [5.74, 6) is 0. The van der Waals surface area contributed by atoms with Crippen LogP contribution in [-0.4, -0.2) is 9.13 Å². The maximum absolute atomic E-state index is 6.78. The van der Waals surface area contributed by atoms with Gasteiger partial charge < -0.3 is 13.6 Å². The van der Waals surface area contributed by atoms with Gasteiger partial charge in [-0.15, -0.1) is 0 Å². The molecule has 0 aliphatic rings. The lowest BCUT2D eigenvalue weighted by Gasteiger charge is -2.13. The fraction of sp³-hybridized carbons (Fsp3) is 0. The maximum atomic E-state index is 6.78. The molecule has 0 unspecified atom stereocenters. The number of furan rings is 1. The molecule has 0 spiro atoms. The Morgan fingerprint density at radius 2 is 0.810 bits per heavy atom. The molecule has 0 amide bonds. The second kappa shape index (κ2) is 13.1. The molecule has 14 rings (SSSR count). The van der Waals surface area contributed by atoms with E-state index in [1.807, 2.05) is 0 Å². The molecule has 0 fully saturated rings. The molecule has 0 atom stereocenters. The van der Waals surface area contributed by atoms with Crippen molar-refractivity contribution < 1.29 is 4.42 Å². The highest BCUT2D eigenvalue weighted by Crippen LogP contribution is 2.46. The van der Waals surface area contributed by atoms with Gasteiger partial charge in [-0.3, -0.25) is 0 Å². The molecule has 3 nitrogen and oxygen atoms in total. The molecular weight excluding hydrogens is 765 g/mol. The highest BCUT2D eigenvalue weighted by molar-refractivity contribution is 6.31. The Morgan fingerprint density at radius 3 is 1.57 bits per heavy atom. The van der Waals surface area contributed by atoms with E-state index in [4.69, 9.17) is 4.42 Å². The molecule has 292 valence electrons. The van der Waals surface area contributed by atoms with Gasteiger partial charge in [-0.25, -0.2) is 0 Å². The van der Waals surface area contributed by atoms with Crippen molar-refractivity contribution in [1.82, 2.24) is 9.13 Å². The smallest absolute Gasteiger partial charge is 0.145 e. The van der Waals surface area contributed by atoms with Gasteiger partial charge in [-0.2, -0.15) is 0 Å². The number of benzene rings is 11. The molecule has 0 aliphatic heterocycles. The predicted molar refractivity (Wildman–Crippen MR) is 266 cm³/mol. The molecule has 11 aromatic carbocycles. The van der Waals surface area contributed by atoms with Gasteiger partial charge in [0.05, 0.1) is 27.5 Å². The lowest BCUT2D eigenvalue weighted by atomic mass is 9.92. The number of hydrogen-bond donors (Lipinski definition) is 0. The zero-order chi connectivity index (χ0) is 41.2. The van der Waals surface area contributed by atoms with Crippen molar-refractivity contribution in [3.63, 3.8) is 0 Å². The van der Waals surface area contributed by atoms with Gasteiger partial charge in [0.1, 0.15) is 11.2 Å². The van der Waals surface area contributed by atoms with Crippen molar-refractivity contribution in [2.24, 2.45) is 0 Å². The van der Waals surface area contributed by atoms with Crippen molar-refractivity contribution in [3.8, 4) is 33.6 Å². The zero-order valence-corrected chi connectivity index (χ0v) is 34.1. The number of aromatic nitrogens is 2. The van der Waals surface area contributed by atoms with Crippen LogP contribution in [0.4, 0.5) is 0 Å². The maximum Gasteiger partial charge on any atom is 0.145 e. The molecule has 63 heavy (non-hydrogen) atoms. The van der Waals surface area contributed by atoms with Crippen LogP contribution in [0.3, 0.4) is 0 Å². The van der Waals surface area contributed by atoms with E-state index in [0.717, 1.165) is 49.7 Å². The SMILES string of the molecule is c1ccc(-c2cccc(-n3c4ccc5c6ccccc6oc5c4c4ccc5c(c6ccccc6n5-c5ccc(-c6ccc7c8ccccc8c8ccccc8c7c6)cc5)c43)c2)cc1. The standard InChI is InChI=1S/C60H36N2O/c1-2-13-37(14-3-1)39-15-12-16-42(35-39)62-55-33-31-49-48-21-9-11-24-56(48)63-60(49)58(55)51-32-34-54-57(59(51)62)50-22-8-10-23-53(50)61(54)41-28-25-38(26-29-41)40-27-30-47-45-19-5-4-17-43(45)44-18-6-7-20-46(44)52(47)36-40/h1-36H. The van der Waals surface area contributed by atoms with E-state index in [1.54, 1.807) is 0 Å². The Labute approximate surface area is 361 Å². The summed E-state index contributed by atoms with van der Waals surface area (Å²) in [5, 5.41) is 14.7. The molecule has 0 saturated carbocycles. The minimum atomic E-state index is 0.902. The first-order chi connectivity index (χ1) is 31.3. The predicted octanol–water partition coefficient (Wildman–Crippen LogP) is 16.6. The molecule has 3 heterocycles. The van der Waals surface area contributed by atoms with Crippen molar-refractivity contribution in [1.29, 1.82) is 0 Å². The molecule has 0 bridgehead atoms. The number of hydrogen-bond acceptors (Lipinski definition) is 1. The van der Waals surface area contributed by atoms with Gasteiger partial charge in [0.2, 0.25) is 0 Å². The summed E-state index contributed by atoms with van der Waals surface area (Å²) in [4.78, 5) is 0. The average molecular weight is 801 g/mol. The van der Waals surface area contributed by atoms with Crippen molar-refractivity contribution in [2.45, 2.75) is 0 Å². The fourth-order valence-electron chi connectivity index (χ4n) is 10.7. The molecule has 0 aliphatic carbocycles. The van der Waals surface area contributed by atoms with E-state index in [0.29, 0.717) is 0 Å². The Kier molecular flexibility index (Phi) is 7.11. The number of rotatable bonds is 4. The molecule has 3 heteroatoms. The topological polar surface area (TPSA) is 23.0 Å². The minimum Gasteiger partial charge on any atom is -0.455 e. The average Bonchev–Trinajstić information content (AvgIpc) is 4.02. The highest BCUT2D eigenvalue weighted by Gasteiger charge is 2.24. The van der Waals surface area contributed by atoms with E-state index in [9.17, 15) is 0 Å². The molecular formula is C60H36N2O. The van der Waals surface area contributed by atoms with Crippen molar-refractivity contribution in [3.05, 3.63) is 218 Å². The zero-order valence-electron chi connectivity index (χ0n) is 34.1. The van der Waals surface area contributed by atoms with Crippen molar-refractivity contribution >= 4 is 97.9 Å². The Balaban J connectivity index is 1.01. The quantitative estimate of drug-likeness (QED) is 0.163. The third-order valence-corrected chi connectivity index (χ3v) is 13.5. The molecule has 0 saturated heterocycles. The summed E-state index contributed by atoms with van der Waals surface area (Å²) < 4.78 is 11.7. The number of fused-ring (bicyclic) bond motifs is 17. The lowest BCUT2D eigenvalue weighted by Crippen LogP contribution is -1.96. The summed E-state index contributed by atoms with van der Waals surface area (Å²) in [6.07, 6.45) is 0. The van der Waals surface area contributed by atoms with Crippen LogP contribution < -0.4 is 0 Å². The molecule has 0 radical (unpaired) electrons. The summed E-state index contributed by atoms with van der Waals surface area (Å²) in [6.45, 7) is 0. The van der Waals surface area contributed by atoms with E-state index in [1.165, 1.54) is 81.8 Å². The number of para-hydroxylation sites is 2. The van der Waals surface area contributed by atoms with Gasteiger partial charge in [-0.05, 0) is 121 Å². The minimum absolute atomic E-state index is 0.902. The van der Waals surface area contributed by atoms with E-state index in [2.05, 4.69) is 228 Å². The fourth-order valence-corrected chi connectivity index (χ4v) is 10.7. The van der Waals surface area contributed by atoms with Crippen LogP contribution in [0, 0.1) is 0 Å². The summed E-state index contributed by atoms with van der Waals surface area (Å²) in [6, 6.07) is 79.7.